The lowest BCUT2D eigenvalue weighted by molar-refractivity contribution is 0.0152. The second-order valence-electron chi connectivity index (χ2n) is 4.42. The predicted molar refractivity (Wildman–Crippen MR) is 72.7 cm³/mol. The summed E-state index contributed by atoms with van der Waals surface area (Å²) in [5, 5.41) is 0. The number of hydrogen-bond acceptors (Lipinski definition) is 4. The summed E-state index contributed by atoms with van der Waals surface area (Å²) >= 11 is 0. The Morgan fingerprint density at radius 3 is 2.30 bits per heavy atom. The maximum absolute atomic E-state index is 11.9. The third kappa shape index (κ3) is 4.61. The number of benzene rings is 1. The highest BCUT2D eigenvalue weighted by Gasteiger charge is 2.14. The molecule has 20 heavy (non-hydrogen) atoms. The molecule has 0 fully saturated rings. The number of alkyl halides is 2. The van der Waals surface area contributed by atoms with Crippen molar-refractivity contribution in [2.24, 2.45) is 5.73 Å². The van der Waals surface area contributed by atoms with Gasteiger partial charge in [-0.1, -0.05) is 0 Å². The normalized spacial score (nSPS) is 12.6. The molecule has 1 atom stereocenters. The molecule has 0 spiro atoms. The van der Waals surface area contributed by atoms with Crippen LogP contribution >= 0.6 is 0 Å². The van der Waals surface area contributed by atoms with E-state index < -0.39 is 13.0 Å². The van der Waals surface area contributed by atoms with Crippen LogP contribution in [0.3, 0.4) is 0 Å². The summed E-state index contributed by atoms with van der Waals surface area (Å²) < 4.78 is 39.2. The molecule has 0 bridgehead atoms. The highest BCUT2D eigenvalue weighted by molar-refractivity contribution is 5.48. The van der Waals surface area contributed by atoms with Crippen molar-refractivity contribution >= 4 is 0 Å². The van der Waals surface area contributed by atoms with Gasteiger partial charge in [0.2, 0.25) is 0 Å². The zero-order chi connectivity index (χ0) is 15.1. The standard InChI is InChI=1S/C14H21F2NO3/c1-9-6-12(18-2)13(19-3)7-10(9)11(17)4-5-20-8-14(15)16/h6-7,11,14H,4-5,8,17H2,1-3H3. The highest BCUT2D eigenvalue weighted by Crippen LogP contribution is 2.33. The maximum Gasteiger partial charge on any atom is 0.261 e. The molecule has 1 rings (SSSR count). The Balaban J connectivity index is 2.69. The van der Waals surface area contributed by atoms with Gasteiger partial charge in [-0.2, -0.15) is 0 Å². The minimum atomic E-state index is -2.45. The van der Waals surface area contributed by atoms with E-state index in [2.05, 4.69) is 0 Å². The van der Waals surface area contributed by atoms with Gasteiger partial charge in [0.15, 0.2) is 11.5 Å². The summed E-state index contributed by atoms with van der Waals surface area (Å²) in [5.74, 6) is 1.23. The van der Waals surface area contributed by atoms with Crippen LogP contribution in [0.5, 0.6) is 11.5 Å². The van der Waals surface area contributed by atoms with Gasteiger partial charge in [-0.25, -0.2) is 8.78 Å². The number of nitrogens with two attached hydrogens (primary N) is 1. The van der Waals surface area contributed by atoms with E-state index in [9.17, 15) is 8.78 Å². The van der Waals surface area contributed by atoms with E-state index in [-0.39, 0.29) is 12.6 Å². The second kappa shape index (κ2) is 8.01. The lowest BCUT2D eigenvalue weighted by Gasteiger charge is -2.18. The van der Waals surface area contributed by atoms with Gasteiger partial charge in [0.1, 0.15) is 6.61 Å². The van der Waals surface area contributed by atoms with Crippen molar-refractivity contribution in [3.63, 3.8) is 0 Å². The van der Waals surface area contributed by atoms with Crippen molar-refractivity contribution in [2.75, 3.05) is 27.4 Å². The minimum absolute atomic E-state index is 0.194. The monoisotopic (exact) mass is 289 g/mol. The fourth-order valence-electron chi connectivity index (χ4n) is 1.93. The molecule has 0 saturated heterocycles. The van der Waals surface area contributed by atoms with Crippen LogP contribution in [0.15, 0.2) is 12.1 Å². The molecular formula is C14H21F2NO3. The third-order valence-electron chi connectivity index (χ3n) is 2.99. The van der Waals surface area contributed by atoms with Gasteiger partial charge in [0.25, 0.3) is 6.43 Å². The molecule has 1 aromatic rings. The fraction of sp³-hybridized carbons (Fsp3) is 0.571. The zero-order valence-corrected chi connectivity index (χ0v) is 12.0. The first-order valence-corrected chi connectivity index (χ1v) is 6.33. The summed E-state index contributed by atoms with van der Waals surface area (Å²) in [4.78, 5) is 0. The lowest BCUT2D eigenvalue weighted by atomic mass is 9.99. The number of rotatable bonds is 8. The van der Waals surface area contributed by atoms with Crippen LogP contribution in [0.4, 0.5) is 8.78 Å². The van der Waals surface area contributed by atoms with Gasteiger partial charge >= 0.3 is 0 Å². The molecule has 1 aromatic carbocycles. The van der Waals surface area contributed by atoms with Crippen molar-refractivity contribution in [2.45, 2.75) is 25.8 Å². The molecule has 6 heteroatoms. The Morgan fingerprint density at radius 1 is 1.15 bits per heavy atom. The number of aryl methyl sites for hydroxylation is 1. The number of methoxy groups -OCH3 is 2. The third-order valence-corrected chi connectivity index (χ3v) is 2.99. The summed E-state index contributed by atoms with van der Waals surface area (Å²) in [6.45, 7) is 1.55. The first-order valence-electron chi connectivity index (χ1n) is 6.33. The topological polar surface area (TPSA) is 53.7 Å². The first kappa shape index (κ1) is 16.7. The minimum Gasteiger partial charge on any atom is -0.493 e. The van der Waals surface area contributed by atoms with E-state index in [4.69, 9.17) is 19.9 Å². The molecule has 0 aliphatic heterocycles. The molecule has 0 amide bonds. The van der Waals surface area contributed by atoms with Crippen LogP contribution < -0.4 is 15.2 Å². The van der Waals surface area contributed by atoms with E-state index >= 15 is 0 Å². The fourth-order valence-corrected chi connectivity index (χ4v) is 1.93. The van der Waals surface area contributed by atoms with E-state index in [1.165, 1.54) is 0 Å². The largest absolute Gasteiger partial charge is 0.493 e. The van der Waals surface area contributed by atoms with E-state index in [0.29, 0.717) is 17.9 Å². The predicted octanol–water partition coefficient (Wildman–Crippen LogP) is 2.68. The smallest absolute Gasteiger partial charge is 0.261 e. The molecule has 1 unspecified atom stereocenters. The Kier molecular flexibility index (Phi) is 6.67. The summed E-state index contributed by atoms with van der Waals surface area (Å²) in [6, 6.07) is 3.35. The van der Waals surface area contributed by atoms with E-state index in [1.807, 2.05) is 19.1 Å². The Hall–Kier alpha value is -1.40. The van der Waals surface area contributed by atoms with E-state index in [0.717, 1.165) is 11.1 Å². The van der Waals surface area contributed by atoms with Crippen LogP contribution in [0.2, 0.25) is 0 Å². The van der Waals surface area contributed by atoms with Gasteiger partial charge in [-0.05, 0) is 36.6 Å². The Morgan fingerprint density at radius 2 is 1.75 bits per heavy atom. The van der Waals surface area contributed by atoms with Crippen molar-refractivity contribution in [1.82, 2.24) is 0 Å². The molecule has 4 nitrogen and oxygen atoms in total. The molecule has 0 radical (unpaired) electrons. The molecule has 0 aliphatic rings. The molecule has 0 saturated carbocycles. The molecule has 114 valence electrons. The van der Waals surface area contributed by atoms with Gasteiger partial charge in [-0.3, -0.25) is 0 Å². The van der Waals surface area contributed by atoms with Crippen molar-refractivity contribution in [3.8, 4) is 11.5 Å². The highest BCUT2D eigenvalue weighted by atomic mass is 19.3. The Labute approximate surface area is 117 Å². The molecule has 0 aliphatic carbocycles. The summed E-state index contributed by atoms with van der Waals surface area (Å²) in [7, 11) is 3.11. The molecule has 2 N–H and O–H groups in total. The van der Waals surface area contributed by atoms with Gasteiger partial charge in [-0.15, -0.1) is 0 Å². The summed E-state index contributed by atoms with van der Waals surface area (Å²) in [5.41, 5.74) is 7.92. The van der Waals surface area contributed by atoms with Crippen molar-refractivity contribution < 1.29 is 23.0 Å². The molecule has 0 heterocycles. The Bertz CT molecular complexity index is 427. The van der Waals surface area contributed by atoms with Crippen LogP contribution in [-0.2, 0) is 4.74 Å². The quantitative estimate of drug-likeness (QED) is 0.748. The number of halogens is 2. The second-order valence-corrected chi connectivity index (χ2v) is 4.42. The summed E-state index contributed by atoms with van der Waals surface area (Å²) in [6.07, 6.45) is -1.99. The number of hydrogen-bond donors (Lipinski definition) is 1. The number of ether oxygens (including phenoxy) is 3. The van der Waals surface area contributed by atoms with Gasteiger partial charge in [0, 0.05) is 12.6 Å². The van der Waals surface area contributed by atoms with Crippen molar-refractivity contribution in [1.29, 1.82) is 0 Å². The van der Waals surface area contributed by atoms with Crippen LogP contribution in [0, 0.1) is 6.92 Å². The van der Waals surface area contributed by atoms with Crippen molar-refractivity contribution in [3.05, 3.63) is 23.3 Å². The van der Waals surface area contributed by atoms with Crippen LogP contribution in [0.1, 0.15) is 23.6 Å². The van der Waals surface area contributed by atoms with Gasteiger partial charge in [0.05, 0.1) is 14.2 Å². The average molecular weight is 289 g/mol. The van der Waals surface area contributed by atoms with Gasteiger partial charge < -0.3 is 19.9 Å². The van der Waals surface area contributed by atoms with E-state index in [1.54, 1.807) is 14.2 Å². The zero-order valence-electron chi connectivity index (χ0n) is 12.0. The molecule has 0 aromatic heterocycles. The average Bonchev–Trinajstić information content (AvgIpc) is 2.42. The molecular weight excluding hydrogens is 268 g/mol. The van der Waals surface area contributed by atoms with Crippen LogP contribution in [0.25, 0.3) is 0 Å². The maximum atomic E-state index is 11.9. The first-order chi connectivity index (χ1) is 9.49. The SMILES string of the molecule is COc1cc(C)c(C(N)CCOCC(F)F)cc1OC. The lowest BCUT2D eigenvalue weighted by Crippen LogP contribution is -2.16. The van der Waals surface area contributed by atoms with Crippen LogP contribution in [-0.4, -0.2) is 33.9 Å².